The van der Waals surface area contributed by atoms with E-state index in [1.807, 2.05) is 13.1 Å². The van der Waals surface area contributed by atoms with Gasteiger partial charge in [-0.15, -0.1) is 0 Å². The maximum atomic E-state index is 12.3. The number of hydrogen-bond acceptors (Lipinski definition) is 2. The Hall–Kier alpha value is -0.970. The molecule has 1 heterocycles. The second kappa shape index (κ2) is 5.05. The molecule has 0 saturated heterocycles. The maximum Gasteiger partial charge on any atom is 0.253 e. The summed E-state index contributed by atoms with van der Waals surface area (Å²) in [6, 6.07) is 1.11. The lowest BCUT2D eigenvalue weighted by atomic mass is 10.1. The number of nitrogens with one attached hydrogen (secondary N) is 1. The third-order valence-corrected chi connectivity index (χ3v) is 2.31. The molecule has 80 valence electrons. The molecule has 0 saturated carbocycles. The molecular weight excluding hydrogens is 188 g/mol. The monoisotopic (exact) mass is 203 g/mol. The number of halogens is 2. The summed E-state index contributed by atoms with van der Waals surface area (Å²) in [5.74, 6) is 0. The molecule has 0 bridgehead atoms. The van der Waals surface area contributed by atoms with Gasteiger partial charge in [0.2, 0.25) is 0 Å². The predicted molar refractivity (Wildman–Crippen MR) is 50.4 cm³/mol. The highest BCUT2D eigenvalue weighted by atomic mass is 19.3. The minimum absolute atomic E-state index is 0.424. The van der Waals surface area contributed by atoms with Crippen LogP contribution < -0.4 is 5.32 Å². The summed E-state index contributed by atoms with van der Waals surface area (Å²) < 4.78 is 26.4. The standard InChI is InChI=1S/C9H15F2N3/c1-12-8(9(10)11)4-3-7-5-6-13-14(7)2/h5-6,8-9,12H,3-4H2,1-2H3. The lowest BCUT2D eigenvalue weighted by Gasteiger charge is -2.14. The third kappa shape index (κ3) is 2.77. The van der Waals surface area contributed by atoms with E-state index in [-0.39, 0.29) is 0 Å². The van der Waals surface area contributed by atoms with E-state index in [0.29, 0.717) is 12.8 Å². The summed E-state index contributed by atoms with van der Waals surface area (Å²) in [6.07, 6.45) is 0.403. The predicted octanol–water partition coefficient (Wildman–Crippen LogP) is 1.21. The summed E-state index contributed by atoms with van der Waals surface area (Å²) in [4.78, 5) is 0. The normalized spacial score (nSPS) is 13.5. The minimum Gasteiger partial charge on any atom is -0.312 e. The molecule has 1 aromatic heterocycles. The van der Waals surface area contributed by atoms with E-state index < -0.39 is 12.5 Å². The van der Waals surface area contributed by atoms with Gasteiger partial charge in [0, 0.05) is 18.9 Å². The van der Waals surface area contributed by atoms with Crippen LogP contribution in [0.4, 0.5) is 8.78 Å². The first-order chi connectivity index (χ1) is 6.65. The topological polar surface area (TPSA) is 29.9 Å². The van der Waals surface area contributed by atoms with Gasteiger partial charge in [0.15, 0.2) is 0 Å². The summed E-state index contributed by atoms with van der Waals surface area (Å²) in [7, 11) is 3.37. The summed E-state index contributed by atoms with van der Waals surface area (Å²) in [6.45, 7) is 0. The molecule has 3 nitrogen and oxygen atoms in total. The minimum atomic E-state index is -2.31. The zero-order valence-electron chi connectivity index (χ0n) is 8.37. The van der Waals surface area contributed by atoms with Crippen molar-refractivity contribution in [2.45, 2.75) is 25.3 Å². The molecule has 1 unspecified atom stereocenters. The Morgan fingerprint density at radius 3 is 2.71 bits per heavy atom. The Labute approximate surface area is 82.1 Å². The zero-order valence-corrected chi connectivity index (χ0v) is 8.37. The van der Waals surface area contributed by atoms with Crippen molar-refractivity contribution in [3.8, 4) is 0 Å². The number of aryl methyl sites for hydroxylation is 2. The van der Waals surface area contributed by atoms with E-state index in [2.05, 4.69) is 10.4 Å². The Morgan fingerprint density at radius 1 is 1.57 bits per heavy atom. The molecule has 5 heteroatoms. The van der Waals surface area contributed by atoms with Gasteiger partial charge in [-0.25, -0.2) is 8.78 Å². The molecule has 0 amide bonds. The fraction of sp³-hybridized carbons (Fsp3) is 0.667. The first-order valence-electron chi connectivity index (χ1n) is 4.57. The highest BCUT2D eigenvalue weighted by Gasteiger charge is 2.17. The molecule has 1 N–H and O–H groups in total. The summed E-state index contributed by atoms with van der Waals surface area (Å²) in [5, 5.41) is 6.58. The average Bonchev–Trinajstić information content (AvgIpc) is 2.52. The van der Waals surface area contributed by atoms with E-state index in [4.69, 9.17) is 0 Å². The van der Waals surface area contributed by atoms with Crippen LogP contribution in [0, 0.1) is 0 Å². The molecule has 1 atom stereocenters. The van der Waals surface area contributed by atoms with Gasteiger partial charge in [0.05, 0.1) is 6.04 Å². The first kappa shape index (κ1) is 11.1. The Balaban J connectivity index is 2.43. The number of rotatable bonds is 5. The molecule has 1 rings (SSSR count). The molecule has 0 aromatic carbocycles. The lowest BCUT2D eigenvalue weighted by Crippen LogP contribution is -2.33. The van der Waals surface area contributed by atoms with Crippen molar-refractivity contribution in [3.05, 3.63) is 18.0 Å². The van der Waals surface area contributed by atoms with Crippen LogP contribution in [0.3, 0.4) is 0 Å². The van der Waals surface area contributed by atoms with E-state index in [1.165, 1.54) is 0 Å². The molecule has 1 aromatic rings. The van der Waals surface area contributed by atoms with Crippen molar-refractivity contribution in [2.24, 2.45) is 7.05 Å². The van der Waals surface area contributed by atoms with Gasteiger partial charge in [-0.05, 0) is 26.0 Å². The second-order valence-corrected chi connectivity index (χ2v) is 3.21. The zero-order chi connectivity index (χ0) is 10.6. The SMILES string of the molecule is CNC(CCc1ccnn1C)C(F)F. The van der Waals surface area contributed by atoms with Crippen LogP contribution >= 0.6 is 0 Å². The molecule has 0 radical (unpaired) electrons. The van der Waals surface area contributed by atoms with Crippen LogP contribution in [0.25, 0.3) is 0 Å². The quantitative estimate of drug-likeness (QED) is 0.779. The number of hydrogen-bond donors (Lipinski definition) is 1. The highest BCUT2D eigenvalue weighted by molar-refractivity contribution is 5.00. The number of aromatic nitrogens is 2. The van der Waals surface area contributed by atoms with Crippen molar-refractivity contribution in [1.82, 2.24) is 15.1 Å². The van der Waals surface area contributed by atoms with E-state index in [9.17, 15) is 8.78 Å². The molecular formula is C9H15F2N3. The summed E-state index contributed by atoms with van der Waals surface area (Å²) >= 11 is 0. The Morgan fingerprint density at radius 2 is 2.29 bits per heavy atom. The first-order valence-corrected chi connectivity index (χ1v) is 4.57. The molecule has 0 aliphatic carbocycles. The number of alkyl halides is 2. The fourth-order valence-corrected chi connectivity index (χ4v) is 1.35. The van der Waals surface area contributed by atoms with Gasteiger partial charge >= 0.3 is 0 Å². The van der Waals surface area contributed by atoms with Crippen molar-refractivity contribution >= 4 is 0 Å². The molecule has 14 heavy (non-hydrogen) atoms. The van der Waals surface area contributed by atoms with Crippen molar-refractivity contribution < 1.29 is 8.78 Å². The molecule has 0 aliphatic heterocycles. The van der Waals surface area contributed by atoms with E-state index >= 15 is 0 Å². The highest BCUT2D eigenvalue weighted by Crippen LogP contribution is 2.09. The van der Waals surface area contributed by atoms with Crippen molar-refractivity contribution in [1.29, 1.82) is 0 Å². The van der Waals surface area contributed by atoms with Gasteiger partial charge < -0.3 is 5.32 Å². The summed E-state index contributed by atoms with van der Waals surface area (Å²) in [5.41, 5.74) is 0.978. The third-order valence-electron chi connectivity index (χ3n) is 2.31. The van der Waals surface area contributed by atoms with Crippen LogP contribution in [0.1, 0.15) is 12.1 Å². The van der Waals surface area contributed by atoms with Crippen molar-refractivity contribution in [3.63, 3.8) is 0 Å². The number of nitrogens with zero attached hydrogens (tertiary/aromatic N) is 2. The van der Waals surface area contributed by atoms with Gasteiger partial charge in [0.25, 0.3) is 6.43 Å². The Bertz CT molecular complexity index is 273. The maximum absolute atomic E-state index is 12.3. The van der Waals surface area contributed by atoms with Crippen LogP contribution in [-0.2, 0) is 13.5 Å². The Kier molecular flexibility index (Phi) is 4.00. The average molecular weight is 203 g/mol. The van der Waals surface area contributed by atoms with Crippen LogP contribution in [0.5, 0.6) is 0 Å². The van der Waals surface area contributed by atoms with Gasteiger partial charge in [-0.2, -0.15) is 5.10 Å². The van der Waals surface area contributed by atoms with Crippen LogP contribution in [0.15, 0.2) is 12.3 Å². The van der Waals surface area contributed by atoms with Gasteiger partial charge in [-0.1, -0.05) is 0 Å². The molecule has 0 spiro atoms. The van der Waals surface area contributed by atoms with Crippen molar-refractivity contribution in [2.75, 3.05) is 7.05 Å². The lowest BCUT2D eigenvalue weighted by molar-refractivity contribution is 0.0978. The van der Waals surface area contributed by atoms with E-state index in [0.717, 1.165) is 5.69 Å². The fourth-order valence-electron chi connectivity index (χ4n) is 1.35. The van der Waals surface area contributed by atoms with Gasteiger partial charge in [-0.3, -0.25) is 4.68 Å². The second-order valence-electron chi connectivity index (χ2n) is 3.21. The van der Waals surface area contributed by atoms with Crippen LogP contribution in [0.2, 0.25) is 0 Å². The molecule has 0 fully saturated rings. The smallest absolute Gasteiger partial charge is 0.253 e. The van der Waals surface area contributed by atoms with Crippen LogP contribution in [-0.4, -0.2) is 29.3 Å². The van der Waals surface area contributed by atoms with Gasteiger partial charge in [0.1, 0.15) is 0 Å². The largest absolute Gasteiger partial charge is 0.312 e. The van der Waals surface area contributed by atoms with E-state index in [1.54, 1.807) is 17.9 Å². The molecule has 0 aliphatic rings.